The molecule has 0 radical (unpaired) electrons. The summed E-state index contributed by atoms with van der Waals surface area (Å²) in [5, 5.41) is 0. The maximum Gasteiger partial charge on any atom is 0.472 e. The number of nitrogens with zero attached hydrogens (tertiary/aromatic N) is 1. The maximum absolute atomic E-state index is 12.8. The molecule has 1 N–H and O–H groups in total. The molecule has 2 unspecified atom stereocenters. The maximum atomic E-state index is 12.8. The molecule has 9 nitrogen and oxygen atoms in total. The number of hydrogen-bond donors (Lipinski definition) is 1. The average molecular weight is 1110 g/mol. The Balaban J connectivity index is 4.09. The lowest BCUT2D eigenvalue weighted by molar-refractivity contribution is -0.870. The normalized spacial score (nSPS) is 14.1. The fraction of sp³-hybridized carbons (Fsp3) is 0.676. The highest BCUT2D eigenvalue weighted by Crippen LogP contribution is 2.43. The Kier molecular flexibility index (Phi) is 55.4. The molecule has 0 aromatic heterocycles. The average Bonchev–Trinajstić information content (AvgIpc) is 3.41. The van der Waals surface area contributed by atoms with Crippen LogP contribution in [-0.4, -0.2) is 74.9 Å². The van der Waals surface area contributed by atoms with Crippen LogP contribution in [0, 0.1) is 0 Å². The van der Waals surface area contributed by atoms with Gasteiger partial charge in [-0.3, -0.25) is 18.6 Å². The van der Waals surface area contributed by atoms with Crippen molar-refractivity contribution >= 4 is 19.8 Å². The Hall–Kier alpha value is -3.59. The van der Waals surface area contributed by atoms with Crippen molar-refractivity contribution in [2.45, 2.75) is 251 Å². The topological polar surface area (TPSA) is 108 Å². The molecular formula is C68H117NO8P+. The van der Waals surface area contributed by atoms with Gasteiger partial charge in [0, 0.05) is 12.8 Å². The van der Waals surface area contributed by atoms with Crippen LogP contribution in [0.3, 0.4) is 0 Å². The van der Waals surface area contributed by atoms with Crippen molar-refractivity contribution in [2.75, 3.05) is 47.5 Å². The SMILES string of the molecule is CC/C=C\C/C=C\C/C=C\C/C=C\C/C=C\C/C=C\CCCCCCCCCCCCCCCCCCC(=O)OC(COC(=O)CCCCCCCC/C=C\C/C=C\C/C=C\C/C=C\CC)COP(=O)(O)OCC[N+](C)(C)C. The third-order valence-corrected chi connectivity index (χ3v) is 14.0. The van der Waals surface area contributed by atoms with E-state index < -0.39 is 26.5 Å². The van der Waals surface area contributed by atoms with Crippen molar-refractivity contribution < 1.29 is 42.1 Å². The van der Waals surface area contributed by atoms with Gasteiger partial charge in [0.1, 0.15) is 19.8 Å². The second-order valence-electron chi connectivity index (χ2n) is 21.7. The summed E-state index contributed by atoms with van der Waals surface area (Å²) < 4.78 is 34.6. The van der Waals surface area contributed by atoms with Gasteiger partial charge in [-0.05, 0) is 103 Å². The molecule has 0 heterocycles. The largest absolute Gasteiger partial charge is 0.472 e. The van der Waals surface area contributed by atoms with Crippen LogP contribution in [0.5, 0.6) is 0 Å². The monoisotopic (exact) mass is 1110 g/mol. The Bertz CT molecular complexity index is 1730. The number of quaternary nitrogens is 1. The van der Waals surface area contributed by atoms with E-state index in [9.17, 15) is 19.0 Å². The zero-order valence-corrected chi connectivity index (χ0v) is 51.5. The first-order valence-corrected chi connectivity index (χ1v) is 32.8. The standard InChI is InChI=1S/C68H116NO8P/c1-6-8-10-12-14-16-18-20-22-24-26-27-28-29-30-31-32-33-34-35-36-37-38-39-40-41-43-45-47-49-51-53-55-57-59-61-68(71)77-66(65-76-78(72,73)75-63-62-69(3,4)5)64-74-67(70)60-58-56-54-52-50-48-46-44-42-25-23-21-19-17-15-13-11-9-7-2/h8-11,14-17,20-23,26-27,29-30,32-33,42,44,66H,6-7,12-13,18-19,24-25,28,31,34-41,43,45-65H2,1-5H3/p+1/b10-8-,11-9-,16-14-,17-15-,22-20-,23-21-,27-26-,30-29-,33-32-,44-42-. The summed E-state index contributed by atoms with van der Waals surface area (Å²) >= 11 is 0. The quantitative estimate of drug-likeness (QED) is 0.0211. The van der Waals surface area contributed by atoms with Gasteiger partial charge in [-0.15, -0.1) is 0 Å². The van der Waals surface area contributed by atoms with E-state index in [4.69, 9.17) is 18.5 Å². The molecule has 0 rings (SSSR count). The molecular weight excluding hydrogens is 990 g/mol. The van der Waals surface area contributed by atoms with Crippen LogP contribution in [-0.2, 0) is 32.7 Å². The molecule has 0 saturated heterocycles. The number of carbonyl (C=O) groups is 2. The van der Waals surface area contributed by atoms with Gasteiger partial charge in [0.25, 0.3) is 0 Å². The van der Waals surface area contributed by atoms with Crippen molar-refractivity contribution in [1.82, 2.24) is 0 Å². The zero-order chi connectivity index (χ0) is 57.0. The lowest BCUT2D eigenvalue weighted by Crippen LogP contribution is -2.37. The Labute approximate surface area is 479 Å². The molecule has 0 aliphatic rings. The number of carbonyl (C=O) groups excluding carboxylic acids is 2. The molecule has 10 heteroatoms. The van der Waals surface area contributed by atoms with Crippen LogP contribution >= 0.6 is 7.82 Å². The molecule has 0 aliphatic heterocycles. The van der Waals surface area contributed by atoms with Gasteiger partial charge in [0.2, 0.25) is 0 Å². The van der Waals surface area contributed by atoms with Gasteiger partial charge in [-0.25, -0.2) is 4.57 Å². The number of esters is 2. The van der Waals surface area contributed by atoms with E-state index in [1.807, 2.05) is 21.1 Å². The van der Waals surface area contributed by atoms with Gasteiger partial charge >= 0.3 is 19.8 Å². The molecule has 0 amide bonds. The second kappa shape index (κ2) is 58.1. The van der Waals surface area contributed by atoms with Crippen LogP contribution in [0.1, 0.15) is 245 Å². The minimum absolute atomic E-state index is 0.0243. The lowest BCUT2D eigenvalue weighted by atomic mass is 10.0. The summed E-state index contributed by atoms with van der Waals surface area (Å²) in [5.74, 6) is -0.816. The predicted octanol–water partition coefficient (Wildman–Crippen LogP) is 19.9. The number of hydrogen-bond acceptors (Lipinski definition) is 7. The van der Waals surface area contributed by atoms with Crippen molar-refractivity contribution in [3.63, 3.8) is 0 Å². The van der Waals surface area contributed by atoms with Crippen molar-refractivity contribution in [1.29, 1.82) is 0 Å². The first-order chi connectivity index (χ1) is 38.0. The fourth-order valence-electron chi connectivity index (χ4n) is 8.25. The summed E-state index contributed by atoms with van der Waals surface area (Å²) in [4.78, 5) is 35.7. The first kappa shape index (κ1) is 74.4. The van der Waals surface area contributed by atoms with E-state index in [-0.39, 0.29) is 32.0 Å². The minimum Gasteiger partial charge on any atom is -0.462 e. The van der Waals surface area contributed by atoms with E-state index >= 15 is 0 Å². The van der Waals surface area contributed by atoms with Crippen molar-refractivity contribution in [3.05, 3.63) is 122 Å². The summed E-state index contributed by atoms with van der Waals surface area (Å²) in [6.07, 6.45) is 82.8. The van der Waals surface area contributed by atoms with E-state index in [1.165, 1.54) is 83.5 Å². The lowest BCUT2D eigenvalue weighted by Gasteiger charge is -2.24. The van der Waals surface area contributed by atoms with E-state index in [1.54, 1.807) is 0 Å². The summed E-state index contributed by atoms with van der Waals surface area (Å²) in [6.45, 7) is 4.19. The number of rotatable bonds is 56. The highest BCUT2D eigenvalue weighted by atomic mass is 31.2. The number of allylic oxidation sites excluding steroid dienone is 20. The smallest absolute Gasteiger partial charge is 0.462 e. The highest BCUT2D eigenvalue weighted by Gasteiger charge is 2.27. The molecule has 446 valence electrons. The number of unbranched alkanes of at least 4 members (excludes halogenated alkanes) is 22. The molecule has 2 atom stereocenters. The van der Waals surface area contributed by atoms with Crippen LogP contribution < -0.4 is 0 Å². The first-order valence-electron chi connectivity index (χ1n) is 31.3. The van der Waals surface area contributed by atoms with Gasteiger partial charge < -0.3 is 18.9 Å². The van der Waals surface area contributed by atoms with E-state index in [2.05, 4.69) is 135 Å². The fourth-order valence-corrected chi connectivity index (χ4v) is 8.99. The number of phosphoric ester groups is 1. The van der Waals surface area contributed by atoms with E-state index in [0.29, 0.717) is 17.4 Å². The second-order valence-corrected chi connectivity index (χ2v) is 23.1. The van der Waals surface area contributed by atoms with Crippen molar-refractivity contribution in [2.24, 2.45) is 0 Å². The predicted molar refractivity (Wildman–Crippen MR) is 334 cm³/mol. The molecule has 0 fully saturated rings. The summed E-state index contributed by atoms with van der Waals surface area (Å²) in [6, 6.07) is 0. The van der Waals surface area contributed by atoms with Gasteiger partial charge in [0.15, 0.2) is 6.10 Å². The van der Waals surface area contributed by atoms with Crippen LogP contribution in [0.15, 0.2) is 122 Å². The Morgan fingerprint density at radius 2 is 0.692 bits per heavy atom. The van der Waals surface area contributed by atoms with Crippen LogP contribution in [0.2, 0.25) is 0 Å². The van der Waals surface area contributed by atoms with Gasteiger partial charge in [0.05, 0.1) is 27.7 Å². The third kappa shape index (κ3) is 61.6. The zero-order valence-electron chi connectivity index (χ0n) is 50.6. The number of ether oxygens (including phenoxy) is 2. The molecule has 0 aromatic carbocycles. The Morgan fingerprint density at radius 3 is 1.03 bits per heavy atom. The van der Waals surface area contributed by atoms with Gasteiger partial charge in [-0.1, -0.05) is 251 Å². The molecule has 0 spiro atoms. The van der Waals surface area contributed by atoms with E-state index in [0.717, 1.165) is 128 Å². The third-order valence-electron chi connectivity index (χ3n) is 13.0. The summed E-state index contributed by atoms with van der Waals surface area (Å²) in [7, 11) is 1.46. The van der Waals surface area contributed by atoms with Crippen LogP contribution in [0.4, 0.5) is 0 Å². The molecule has 78 heavy (non-hydrogen) atoms. The number of likely N-dealkylation sites (N-methyl/N-ethyl adjacent to an activating group) is 1. The Morgan fingerprint density at radius 1 is 0.397 bits per heavy atom. The molecule has 0 aliphatic carbocycles. The molecule has 0 bridgehead atoms. The minimum atomic E-state index is -4.40. The highest BCUT2D eigenvalue weighted by molar-refractivity contribution is 7.47. The molecule has 0 saturated carbocycles. The molecule has 0 aromatic rings. The van der Waals surface area contributed by atoms with Crippen LogP contribution in [0.25, 0.3) is 0 Å². The van der Waals surface area contributed by atoms with Crippen molar-refractivity contribution in [3.8, 4) is 0 Å². The summed E-state index contributed by atoms with van der Waals surface area (Å²) in [5.41, 5.74) is 0. The van der Waals surface area contributed by atoms with Gasteiger partial charge in [-0.2, -0.15) is 0 Å². The number of phosphoric acid groups is 1.